The van der Waals surface area contributed by atoms with Crippen molar-refractivity contribution < 1.29 is 18.7 Å². The molecule has 4 rings (SSSR count). The number of alkyl halides is 1. The number of hydrogen-bond donors (Lipinski definition) is 0. The van der Waals surface area contributed by atoms with Crippen LogP contribution in [-0.4, -0.2) is 46.9 Å². The van der Waals surface area contributed by atoms with Crippen LogP contribution in [0.5, 0.6) is 5.75 Å². The number of halogens is 1. The number of carbonyl (C=O) groups excluding carboxylic acids is 1. The standard InChI is InChI=1S/C26H29FN2O3/c1-17-21(12-9-19-6-5-14-28-24(17)19)18-7-10-20(11-8-18)31-23-13-15-29(16-22(23)27)25(30)32-26(2,3)4/h5-12,14,22-23H,13,15-16H2,1-4H3/t22-,23+/m0/s1. The Labute approximate surface area is 188 Å². The molecule has 2 aromatic carbocycles. The molecular formula is C26H29FN2O3. The average molecular weight is 437 g/mol. The molecule has 1 amide bonds. The van der Waals surface area contributed by atoms with Gasteiger partial charge in [0.05, 0.1) is 12.1 Å². The molecule has 6 heteroatoms. The molecule has 0 aliphatic carbocycles. The minimum atomic E-state index is -1.27. The first-order valence-electron chi connectivity index (χ1n) is 10.9. The fourth-order valence-corrected chi connectivity index (χ4v) is 4.00. The fraction of sp³-hybridized carbons (Fsp3) is 0.385. The van der Waals surface area contributed by atoms with E-state index in [-0.39, 0.29) is 6.54 Å². The van der Waals surface area contributed by atoms with Gasteiger partial charge in [-0.1, -0.05) is 30.3 Å². The van der Waals surface area contributed by atoms with E-state index in [0.29, 0.717) is 18.7 Å². The molecule has 0 unspecified atom stereocenters. The van der Waals surface area contributed by atoms with E-state index >= 15 is 0 Å². The molecule has 168 valence electrons. The van der Waals surface area contributed by atoms with Crippen molar-refractivity contribution in [2.45, 2.75) is 52.0 Å². The van der Waals surface area contributed by atoms with Crippen molar-refractivity contribution in [1.82, 2.24) is 9.88 Å². The van der Waals surface area contributed by atoms with Crippen LogP contribution in [0.4, 0.5) is 9.18 Å². The Hall–Kier alpha value is -3.15. The number of piperidine rings is 1. The quantitative estimate of drug-likeness (QED) is 0.510. The van der Waals surface area contributed by atoms with Crippen molar-refractivity contribution in [2.75, 3.05) is 13.1 Å². The largest absolute Gasteiger partial charge is 0.487 e. The van der Waals surface area contributed by atoms with Crippen LogP contribution in [-0.2, 0) is 4.74 Å². The summed E-state index contributed by atoms with van der Waals surface area (Å²) in [5, 5.41) is 1.11. The number of benzene rings is 2. The van der Waals surface area contributed by atoms with E-state index in [9.17, 15) is 9.18 Å². The summed E-state index contributed by atoms with van der Waals surface area (Å²) in [5.74, 6) is 0.615. The maximum Gasteiger partial charge on any atom is 0.410 e. The van der Waals surface area contributed by atoms with Crippen LogP contribution < -0.4 is 4.74 Å². The second kappa shape index (κ2) is 8.77. The third-order valence-corrected chi connectivity index (χ3v) is 5.61. The zero-order valence-corrected chi connectivity index (χ0v) is 19.0. The van der Waals surface area contributed by atoms with Crippen molar-refractivity contribution in [3.63, 3.8) is 0 Å². The van der Waals surface area contributed by atoms with E-state index in [1.165, 1.54) is 4.90 Å². The van der Waals surface area contributed by atoms with Gasteiger partial charge >= 0.3 is 6.09 Å². The molecule has 1 aromatic heterocycles. The number of ether oxygens (including phenoxy) is 2. The monoisotopic (exact) mass is 436 g/mol. The van der Waals surface area contributed by atoms with E-state index in [2.05, 4.69) is 30.1 Å². The molecule has 32 heavy (non-hydrogen) atoms. The molecule has 5 nitrogen and oxygen atoms in total. The molecule has 2 heterocycles. The van der Waals surface area contributed by atoms with Crippen LogP contribution in [0.15, 0.2) is 54.7 Å². The van der Waals surface area contributed by atoms with Gasteiger partial charge in [-0.05, 0) is 62.6 Å². The lowest BCUT2D eigenvalue weighted by atomic mass is 9.98. The minimum absolute atomic E-state index is 0.0268. The number of fused-ring (bicyclic) bond motifs is 1. The maximum absolute atomic E-state index is 14.7. The maximum atomic E-state index is 14.7. The first kappa shape index (κ1) is 22.1. The van der Waals surface area contributed by atoms with Gasteiger partial charge in [0.15, 0.2) is 6.17 Å². The lowest BCUT2D eigenvalue weighted by Gasteiger charge is -2.35. The highest BCUT2D eigenvalue weighted by Crippen LogP contribution is 2.30. The topological polar surface area (TPSA) is 51.7 Å². The fourth-order valence-electron chi connectivity index (χ4n) is 4.00. The average Bonchev–Trinajstić information content (AvgIpc) is 2.75. The summed E-state index contributed by atoms with van der Waals surface area (Å²) in [6.07, 6.45) is -0.131. The van der Waals surface area contributed by atoms with Gasteiger partial charge in [0.2, 0.25) is 0 Å². The molecule has 2 atom stereocenters. The van der Waals surface area contributed by atoms with Crippen molar-refractivity contribution in [3.8, 4) is 16.9 Å². The Morgan fingerprint density at radius 1 is 1.12 bits per heavy atom. The number of carbonyl (C=O) groups is 1. The van der Waals surface area contributed by atoms with E-state index in [1.54, 1.807) is 27.0 Å². The molecule has 0 N–H and O–H groups in total. The zero-order valence-electron chi connectivity index (χ0n) is 19.0. The number of nitrogens with zero attached hydrogens (tertiary/aromatic N) is 2. The molecule has 1 aliphatic heterocycles. The first-order chi connectivity index (χ1) is 15.2. The number of pyridine rings is 1. The van der Waals surface area contributed by atoms with Crippen LogP contribution in [0, 0.1) is 6.92 Å². The van der Waals surface area contributed by atoms with Crippen molar-refractivity contribution in [3.05, 3.63) is 60.3 Å². The summed E-state index contributed by atoms with van der Waals surface area (Å²) in [6, 6.07) is 15.8. The highest BCUT2D eigenvalue weighted by molar-refractivity contribution is 5.88. The smallest absolute Gasteiger partial charge is 0.410 e. The zero-order chi connectivity index (χ0) is 22.9. The lowest BCUT2D eigenvalue weighted by molar-refractivity contribution is -0.0105. The molecule has 0 saturated carbocycles. The molecule has 1 saturated heterocycles. The summed E-state index contributed by atoms with van der Waals surface area (Å²) in [7, 11) is 0. The Bertz CT molecular complexity index is 1110. The predicted octanol–water partition coefficient (Wildman–Crippen LogP) is 5.94. The number of hydrogen-bond acceptors (Lipinski definition) is 4. The molecule has 3 aromatic rings. The summed E-state index contributed by atoms with van der Waals surface area (Å²) < 4.78 is 26.0. The van der Waals surface area contributed by atoms with Crippen molar-refractivity contribution >= 4 is 17.0 Å². The minimum Gasteiger partial charge on any atom is -0.487 e. The second-order valence-corrected chi connectivity index (χ2v) is 9.22. The normalized spacial score (nSPS) is 19.1. The van der Waals surface area contributed by atoms with E-state index in [1.807, 2.05) is 30.3 Å². The van der Waals surface area contributed by atoms with Gasteiger partial charge in [0.1, 0.15) is 17.5 Å². The third-order valence-electron chi connectivity index (χ3n) is 5.61. The summed E-state index contributed by atoms with van der Waals surface area (Å²) >= 11 is 0. The summed E-state index contributed by atoms with van der Waals surface area (Å²) in [4.78, 5) is 18.1. The van der Waals surface area contributed by atoms with Gasteiger partial charge in [-0.2, -0.15) is 0 Å². The third kappa shape index (κ3) is 4.85. The molecule has 1 fully saturated rings. The van der Waals surface area contributed by atoms with Crippen LogP contribution in [0.25, 0.3) is 22.0 Å². The molecule has 0 spiro atoms. The second-order valence-electron chi connectivity index (χ2n) is 9.22. The Morgan fingerprint density at radius 3 is 2.56 bits per heavy atom. The van der Waals surface area contributed by atoms with Crippen LogP contribution in [0.1, 0.15) is 32.8 Å². The number of aromatic nitrogens is 1. The number of likely N-dealkylation sites (tertiary alicyclic amines) is 1. The van der Waals surface area contributed by atoms with Gasteiger partial charge in [-0.25, -0.2) is 9.18 Å². The van der Waals surface area contributed by atoms with Crippen LogP contribution in [0.3, 0.4) is 0 Å². The van der Waals surface area contributed by atoms with Gasteiger partial charge < -0.3 is 14.4 Å². The first-order valence-corrected chi connectivity index (χ1v) is 10.9. The highest BCUT2D eigenvalue weighted by atomic mass is 19.1. The van der Waals surface area contributed by atoms with Crippen molar-refractivity contribution in [2.24, 2.45) is 0 Å². The summed E-state index contributed by atoms with van der Waals surface area (Å²) in [6.45, 7) is 7.84. The Morgan fingerprint density at radius 2 is 1.88 bits per heavy atom. The van der Waals surface area contributed by atoms with E-state index in [4.69, 9.17) is 9.47 Å². The van der Waals surface area contributed by atoms with Gasteiger partial charge in [0, 0.05) is 24.5 Å². The number of rotatable bonds is 3. The molecular weight excluding hydrogens is 407 g/mol. The molecule has 0 bridgehead atoms. The number of aryl methyl sites for hydroxylation is 1. The predicted molar refractivity (Wildman–Crippen MR) is 124 cm³/mol. The van der Waals surface area contributed by atoms with Gasteiger partial charge in [0.25, 0.3) is 0 Å². The van der Waals surface area contributed by atoms with Crippen molar-refractivity contribution in [1.29, 1.82) is 0 Å². The highest BCUT2D eigenvalue weighted by Gasteiger charge is 2.34. The van der Waals surface area contributed by atoms with Gasteiger partial charge in [-0.3, -0.25) is 4.98 Å². The van der Waals surface area contributed by atoms with Gasteiger partial charge in [-0.15, -0.1) is 0 Å². The SMILES string of the molecule is Cc1c(-c2ccc(O[C@@H]3CCN(C(=O)OC(C)(C)C)C[C@@H]3F)cc2)ccc2cccnc12. The molecule has 1 aliphatic rings. The Balaban J connectivity index is 1.42. The van der Waals surface area contributed by atoms with Crippen LogP contribution >= 0.6 is 0 Å². The number of amides is 1. The van der Waals surface area contributed by atoms with Crippen LogP contribution in [0.2, 0.25) is 0 Å². The van der Waals surface area contributed by atoms with E-state index < -0.39 is 24.0 Å². The van der Waals surface area contributed by atoms with E-state index in [0.717, 1.165) is 27.6 Å². The lowest BCUT2D eigenvalue weighted by Crippen LogP contribution is -2.50. The molecule has 0 radical (unpaired) electrons. The summed E-state index contributed by atoms with van der Waals surface area (Å²) in [5.41, 5.74) is 3.67. The Kier molecular flexibility index (Phi) is 6.04.